The molecule has 1 amide bonds. The van der Waals surface area contributed by atoms with Crippen molar-refractivity contribution in [2.75, 3.05) is 26.8 Å². The number of hydrogen-bond acceptors (Lipinski definition) is 2. The zero-order chi connectivity index (χ0) is 13.8. The molecule has 0 N–H and O–H groups in total. The first-order chi connectivity index (χ1) is 9.11. The Hall–Kier alpha value is -0.950. The van der Waals surface area contributed by atoms with Crippen LogP contribution in [0.1, 0.15) is 16.8 Å². The van der Waals surface area contributed by atoms with E-state index in [1.807, 2.05) is 28.7 Å². The van der Waals surface area contributed by atoms with Crippen molar-refractivity contribution in [1.82, 2.24) is 4.90 Å². The van der Waals surface area contributed by atoms with Gasteiger partial charge in [0, 0.05) is 23.8 Å². The number of benzene rings is 1. The molecule has 0 aliphatic carbocycles. The number of rotatable bonds is 3. The third-order valence-corrected chi connectivity index (χ3v) is 3.97. The molecule has 0 radical (unpaired) electrons. The molecule has 0 atom stereocenters. The van der Waals surface area contributed by atoms with E-state index in [9.17, 15) is 9.18 Å². The predicted molar refractivity (Wildman–Crippen MR) is 79.6 cm³/mol. The molecule has 0 bridgehead atoms. The fourth-order valence-electron chi connectivity index (χ4n) is 2.05. The van der Waals surface area contributed by atoms with Crippen molar-refractivity contribution < 1.29 is 13.9 Å². The van der Waals surface area contributed by atoms with Crippen LogP contribution in [0, 0.1) is 9.39 Å². The highest BCUT2D eigenvalue weighted by molar-refractivity contribution is 14.1. The van der Waals surface area contributed by atoms with Gasteiger partial charge >= 0.3 is 0 Å². The number of methoxy groups -OCH3 is 1. The van der Waals surface area contributed by atoms with Gasteiger partial charge in [-0.05, 0) is 52.8 Å². The number of amides is 1. The minimum atomic E-state index is -0.318. The summed E-state index contributed by atoms with van der Waals surface area (Å²) in [5.41, 5.74) is 1.78. The van der Waals surface area contributed by atoms with E-state index in [4.69, 9.17) is 4.74 Å². The molecule has 1 heterocycles. The molecule has 1 aromatic carbocycles. The summed E-state index contributed by atoms with van der Waals surface area (Å²) in [5, 5.41) is 0. The predicted octanol–water partition coefficient (Wildman–Crippen LogP) is 2.85. The molecule has 0 saturated carbocycles. The molecule has 0 fully saturated rings. The Bertz CT molecular complexity index is 516. The van der Waals surface area contributed by atoms with Crippen LogP contribution in [0.3, 0.4) is 0 Å². The van der Waals surface area contributed by atoms with E-state index < -0.39 is 0 Å². The highest BCUT2D eigenvalue weighted by Crippen LogP contribution is 2.19. The SMILES string of the molecule is COCC1=CCN(C(=O)c2ccc(F)cc2I)CC1. The number of nitrogens with zero attached hydrogens (tertiary/aromatic N) is 1. The topological polar surface area (TPSA) is 29.5 Å². The van der Waals surface area contributed by atoms with Gasteiger partial charge in [0.25, 0.3) is 5.91 Å². The third kappa shape index (κ3) is 3.54. The maximum Gasteiger partial charge on any atom is 0.255 e. The normalized spacial score (nSPS) is 15.3. The van der Waals surface area contributed by atoms with Crippen molar-refractivity contribution in [3.8, 4) is 0 Å². The maximum atomic E-state index is 13.0. The fourth-order valence-corrected chi connectivity index (χ4v) is 2.75. The second-order valence-electron chi connectivity index (χ2n) is 4.42. The first kappa shape index (κ1) is 14.5. The molecule has 5 heteroatoms. The number of carbonyl (C=O) groups excluding carboxylic acids is 1. The zero-order valence-corrected chi connectivity index (χ0v) is 12.8. The molecule has 0 unspecified atom stereocenters. The second kappa shape index (κ2) is 6.47. The summed E-state index contributed by atoms with van der Waals surface area (Å²) in [6.45, 7) is 1.89. The van der Waals surface area contributed by atoms with Crippen LogP contribution in [0.5, 0.6) is 0 Å². The molecule has 1 aliphatic heterocycles. The molecule has 102 valence electrons. The fraction of sp³-hybridized carbons (Fsp3) is 0.357. The Morgan fingerprint density at radius 1 is 1.53 bits per heavy atom. The molecule has 0 saturated heterocycles. The molecule has 1 aromatic rings. The van der Waals surface area contributed by atoms with Crippen molar-refractivity contribution in [2.24, 2.45) is 0 Å². The first-order valence-corrected chi connectivity index (χ1v) is 7.11. The molecule has 1 aliphatic rings. The lowest BCUT2D eigenvalue weighted by molar-refractivity contribution is 0.0764. The summed E-state index contributed by atoms with van der Waals surface area (Å²) in [4.78, 5) is 14.1. The molecule has 19 heavy (non-hydrogen) atoms. The Morgan fingerprint density at radius 2 is 2.32 bits per heavy atom. The lowest BCUT2D eigenvalue weighted by atomic mass is 10.1. The second-order valence-corrected chi connectivity index (χ2v) is 5.58. The number of carbonyl (C=O) groups is 1. The lowest BCUT2D eigenvalue weighted by Crippen LogP contribution is -2.35. The first-order valence-electron chi connectivity index (χ1n) is 6.03. The minimum absolute atomic E-state index is 0.0443. The summed E-state index contributed by atoms with van der Waals surface area (Å²) in [6.07, 6.45) is 2.86. The van der Waals surface area contributed by atoms with E-state index in [1.54, 1.807) is 18.1 Å². The average Bonchev–Trinajstić information content (AvgIpc) is 2.39. The molecule has 0 aromatic heterocycles. The molecule has 0 spiro atoms. The van der Waals surface area contributed by atoms with Crippen molar-refractivity contribution in [3.05, 3.63) is 44.8 Å². The monoisotopic (exact) mass is 375 g/mol. The molecule has 3 nitrogen and oxygen atoms in total. The van der Waals surface area contributed by atoms with Crippen LogP contribution in [0.15, 0.2) is 29.8 Å². The molecular weight excluding hydrogens is 360 g/mol. The Labute approximate surface area is 125 Å². The van der Waals surface area contributed by atoms with Crippen LogP contribution < -0.4 is 0 Å². The Morgan fingerprint density at radius 3 is 2.89 bits per heavy atom. The summed E-state index contributed by atoms with van der Waals surface area (Å²) in [6, 6.07) is 4.25. The van der Waals surface area contributed by atoms with Gasteiger partial charge in [-0.25, -0.2) is 4.39 Å². The van der Waals surface area contributed by atoms with Crippen LogP contribution in [-0.4, -0.2) is 37.6 Å². The van der Waals surface area contributed by atoms with Gasteiger partial charge < -0.3 is 9.64 Å². The van der Waals surface area contributed by atoms with E-state index in [-0.39, 0.29) is 11.7 Å². The van der Waals surface area contributed by atoms with Gasteiger partial charge in [-0.1, -0.05) is 6.08 Å². The van der Waals surface area contributed by atoms with Crippen LogP contribution in [0.25, 0.3) is 0 Å². The lowest BCUT2D eigenvalue weighted by Gasteiger charge is -2.26. The van der Waals surface area contributed by atoms with Gasteiger partial charge in [0.1, 0.15) is 5.82 Å². The van der Waals surface area contributed by atoms with Crippen molar-refractivity contribution >= 4 is 28.5 Å². The summed E-state index contributed by atoms with van der Waals surface area (Å²) >= 11 is 1.99. The average molecular weight is 375 g/mol. The van der Waals surface area contributed by atoms with Crippen molar-refractivity contribution in [1.29, 1.82) is 0 Å². The molecule has 2 rings (SSSR count). The number of hydrogen-bond donors (Lipinski definition) is 0. The summed E-state index contributed by atoms with van der Waals surface area (Å²) in [5.74, 6) is -0.362. The standard InChI is InChI=1S/C14H15FINO2/c1-19-9-10-4-6-17(7-5-10)14(18)12-3-2-11(15)8-13(12)16/h2-4,8H,5-7,9H2,1H3. The van der Waals surface area contributed by atoms with Gasteiger partial charge in [0.15, 0.2) is 0 Å². The maximum absolute atomic E-state index is 13.0. The van der Waals surface area contributed by atoms with Crippen LogP contribution in [-0.2, 0) is 4.74 Å². The van der Waals surface area contributed by atoms with Crippen molar-refractivity contribution in [2.45, 2.75) is 6.42 Å². The quantitative estimate of drug-likeness (QED) is 0.601. The van der Waals surface area contributed by atoms with Gasteiger partial charge in [0.05, 0.1) is 12.2 Å². The Balaban J connectivity index is 2.09. The van der Waals surface area contributed by atoms with Gasteiger partial charge in [-0.3, -0.25) is 4.79 Å². The van der Waals surface area contributed by atoms with E-state index in [2.05, 4.69) is 0 Å². The van der Waals surface area contributed by atoms with E-state index in [0.29, 0.717) is 28.8 Å². The van der Waals surface area contributed by atoms with Crippen LogP contribution >= 0.6 is 22.6 Å². The highest BCUT2D eigenvalue weighted by atomic mass is 127. The molecular formula is C14H15FINO2. The van der Waals surface area contributed by atoms with E-state index >= 15 is 0 Å². The minimum Gasteiger partial charge on any atom is -0.380 e. The van der Waals surface area contributed by atoms with E-state index in [0.717, 1.165) is 6.42 Å². The van der Waals surface area contributed by atoms with Gasteiger partial charge in [0.2, 0.25) is 0 Å². The third-order valence-electron chi connectivity index (χ3n) is 3.08. The highest BCUT2D eigenvalue weighted by Gasteiger charge is 2.20. The smallest absolute Gasteiger partial charge is 0.255 e. The Kier molecular flexibility index (Phi) is 4.93. The van der Waals surface area contributed by atoms with Gasteiger partial charge in [-0.15, -0.1) is 0 Å². The number of halogens is 2. The van der Waals surface area contributed by atoms with Crippen LogP contribution in [0.4, 0.5) is 4.39 Å². The summed E-state index contributed by atoms with van der Waals surface area (Å²) in [7, 11) is 1.67. The zero-order valence-electron chi connectivity index (χ0n) is 10.7. The largest absolute Gasteiger partial charge is 0.380 e. The van der Waals surface area contributed by atoms with Gasteiger partial charge in [-0.2, -0.15) is 0 Å². The number of ether oxygens (including phenoxy) is 1. The van der Waals surface area contributed by atoms with E-state index in [1.165, 1.54) is 17.7 Å². The van der Waals surface area contributed by atoms with Crippen molar-refractivity contribution in [3.63, 3.8) is 0 Å². The van der Waals surface area contributed by atoms with Crippen LogP contribution in [0.2, 0.25) is 0 Å². The summed E-state index contributed by atoms with van der Waals surface area (Å²) < 4.78 is 18.8.